The average molecular weight is 596 g/mol. The van der Waals surface area contributed by atoms with Crippen molar-refractivity contribution in [2.45, 2.75) is 24.6 Å². The lowest BCUT2D eigenvalue weighted by atomic mass is 10.0. The number of hydrogen-bond donors (Lipinski definition) is 0. The number of carbonyl (C=O) groups excluding carboxylic acids is 3. The molecule has 0 N–H and O–H groups in total. The van der Waals surface area contributed by atoms with Crippen molar-refractivity contribution >= 4 is 24.1 Å². The minimum absolute atomic E-state index is 0.214. The average Bonchev–Trinajstić information content (AvgIpc) is 3.07. The fraction of sp³-hybridized carbons (Fsp3) is 0.176. The number of hydrogen-bond acceptors (Lipinski definition) is 10. The normalized spacial score (nSPS) is 19.5. The Kier molecular flexibility index (Phi) is 9.96. The molecular formula is C34H29NO9. The van der Waals surface area contributed by atoms with Crippen LogP contribution in [0.3, 0.4) is 0 Å². The maximum atomic E-state index is 13.3. The Balaban J connectivity index is 1.47. The highest BCUT2D eigenvalue weighted by Gasteiger charge is 2.49. The number of esters is 3. The van der Waals surface area contributed by atoms with E-state index in [1.165, 1.54) is 13.3 Å². The van der Waals surface area contributed by atoms with Crippen molar-refractivity contribution in [2.75, 3.05) is 13.7 Å². The van der Waals surface area contributed by atoms with Crippen molar-refractivity contribution in [1.29, 1.82) is 0 Å². The first kappa shape index (κ1) is 30.0. The van der Waals surface area contributed by atoms with Crippen molar-refractivity contribution in [3.8, 4) is 5.75 Å². The Labute approximate surface area is 253 Å². The fourth-order valence-corrected chi connectivity index (χ4v) is 4.41. The van der Waals surface area contributed by atoms with Crippen molar-refractivity contribution < 1.29 is 42.9 Å². The summed E-state index contributed by atoms with van der Waals surface area (Å²) in [5.74, 6) is -1.71. The Hall–Kier alpha value is -5.48. The first-order valence-electron chi connectivity index (χ1n) is 13.7. The Morgan fingerprint density at radius 3 is 1.64 bits per heavy atom. The summed E-state index contributed by atoms with van der Waals surface area (Å²) in [6, 6.07) is 31.8. The minimum Gasteiger partial charge on any atom is -0.461 e. The van der Waals surface area contributed by atoms with Gasteiger partial charge in [0.25, 0.3) is 0 Å². The molecule has 0 spiro atoms. The highest BCUT2D eigenvalue weighted by molar-refractivity contribution is 5.91. The summed E-state index contributed by atoms with van der Waals surface area (Å²) in [6.07, 6.45) is -3.49. The number of carbonyl (C=O) groups is 3. The highest BCUT2D eigenvalue weighted by Crippen LogP contribution is 2.29. The van der Waals surface area contributed by atoms with Gasteiger partial charge in [-0.15, -0.1) is 0 Å². The van der Waals surface area contributed by atoms with Crippen LogP contribution in [-0.2, 0) is 23.8 Å². The molecule has 1 aliphatic heterocycles. The molecule has 1 saturated heterocycles. The zero-order valence-electron chi connectivity index (χ0n) is 23.7. The first-order valence-corrected chi connectivity index (χ1v) is 13.7. The molecule has 224 valence electrons. The van der Waals surface area contributed by atoms with Gasteiger partial charge in [-0.2, -0.15) is 0 Å². The lowest BCUT2D eigenvalue weighted by molar-refractivity contribution is -0.241. The molecule has 0 amide bonds. The molecule has 10 nitrogen and oxygen atoms in total. The number of ether oxygens (including phenoxy) is 5. The Morgan fingerprint density at radius 1 is 0.659 bits per heavy atom. The third-order valence-electron chi connectivity index (χ3n) is 6.60. The van der Waals surface area contributed by atoms with Gasteiger partial charge in [-0.05, 0) is 66.2 Å². The predicted molar refractivity (Wildman–Crippen MR) is 158 cm³/mol. The summed E-state index contributed by atoms with van der Waals surface area (Å²) in [4.78, 5) is 44.4. The molecule has 0 aliphatic carbocycles. The molecule has 0 radical (unpaired) electrons. The van der Waals surface area contributed by atoms with Gasteiger partial charge >= 0.3 is 17.9 Å². The monoisotopic (exact) mass is 595 g/mol. The number of rotatable bonds is 10. The Bertz CT molecular complexity index is 1560. The van der Waals surface area contributed by atoms with E-state index >= 15 is 0 Å². The first-order chi connectivity index (χ1) is 21.5. The van der Waals surface area contributed by atoms with E-state index in [-0.39, 0.29) is 23.3 Å². The number of benzene rings is 4. The number of oxime groups is 1. The van der Waals surface area contributed by atoms with Gasteiger partial charge in [0.1, 0.15) is 12.9 Å². The molecule has 1 fully saturated rings. The summed E-state index contributed by atoms with van der Waals surface area (Å²) >= 11 is 0. The van der Waals surface area contributed by atoms with Crippen LogP contribution in [-0.4, -0.2) is 62.4 Å². The van der Waals surface area contributed by atoms with E-state index in [0.29, 0.717) is 5.75 Å². The molecule has 1 aliphatic rings. The van der Waals surface area contributed by atoms with Crippen molar-refractivity contribution in [3.63, 3.8) is 0 Å². The lowest BCUT2D eigenvalue weighted by Gasteiger charge is -2.40. The van der Waals surface area contributed by atoms with Gasteiger partial charge in [0.15, 0.2) is 12.2 Å². The lowest BCUT2D eigenvalue weighted by Crippen LogP contribution is -2.59. The van der Waals surface area contributed by atoms with Crippen molar-refractivity contribution in [2.24, 2.45) is 5.16 Å². The van der Waals surface area contributed by atoms with Gasteiger partial charge in [0.2, 0.25) is 12.4 Å². The van der Waals surface area contributed by atoms with Crippen LogP contribution in [0.15, 0.2) is 120 Å². The zero-order chi connectivity index (χ0) is 30.7. The number of nitrogens with zero attached hydrogens (tertiary/aromatic N) is 1. The smallest absolute Gasteiger partial charge is 0.338 e. The van der Waals surface area contributed by atoms with Gasteiger partial charge in [-0.1, -0.05) is 59.8 Å². The molecule has 0 aromatic heterocycles. The van der Waals surface area contributed by atoms with Crippen LogP contribution < -0.4 is 4.74 Å². The van der Waals surface area contributed by atoms with Crippen LogP contribution in [0.2, 0.25) is 0 Å². The van der Waals surface area contributed by atoms with E-state index < -0.39 is 42.5 Å². The van der Waals surface area contributed by atoms with Gasteiger partial charge in [0.05, 0.1) is 29.5 Å². The molecule has 0 bridgehead atoms. The molecule has 1 heterocycles. The minimum atomic E-state index is -1.34. The summed E-state index contributed by atoms with van der Waals surface area (Å²) in [5.41, 5.74) is 1.54. The van der Waals surface area contributed by atoms with E-state index in [2.05, 4.69) is 5.16 Å². The fourth-order valence-electron chi connectivity index (χ4n) is 4.41. The third-order valence-corrected chi connectivity index (χ3v) is 6.60. The molecule has 0 unspecified atom stereocenters. The van der Waals surface area contributed by atoms with Crippen LogP contribution >= 0.6 is 0 Å². The van der Waals surface area contributed by atoms with Gasteiger partial charge < -0.3 is 28.5 Å². The van der Waals surface area contributed by atoms with Crippen LogP contribution in [0.4, 0.5) is 0 Å². The van der Waals surface area contributed by atoms with Crippen molar-refractivity contribution in [1.82, 2.24) is 0 Å². The van der Waals surface area contributed by atoms with Crippen molar-refractivity contribution in [3.05, 3.63) is 138 Å². The molecule has 0 saturated carbocycles. The second-order valence-electron chi connectivity index (χ2n) is 9.59. The largest absolute Gasteiger partial charge is 0.461 e. The molecule has 10 heteroatoms. The topological polar surface area (TPSA) is 119 Å². The second-order valence-corrected chi connectivity index (χ2v) is 9.59. The standard InChI is InChI=1S/C34H29NO9/c1-39-35-21-23-17-19-27(20-18-23)41-34-30(44-33(38)26-15-9-4-10-16-26)29(43-32(37)25-13-7-3-8-14-25)28(22-40-34)42-31(36)24-11-5-2-6-12-24/h2-21,28-30,34H,22H2,1H3/b35-21-/t28-,29-,30-,34+/m1/s1. The van der Waals surface area contributed by atoms with E-state index in [1.807, 2.05) is 0 Å². The third kappa shape index (κ3) is 7.67. The maximum absolute atomic E-state index is 13.3. The molecule has 4 aromatic carbocycles. The molecule has 5 rings (SSSR count). The second kappa shape index (κ2) is 14.6. The van der Waals surface area contributed by atoms with E-state index in [0.717, 1.165) is 5.56 Å². The molecule has 4 atom stereocenters. The van der Waals surface area contributed by atoms with Gasteiger partial charge in [-0.3, -0.25) is 0 Å². The van der Waals surface area contributed by atoms with Crippen LogP contribution in [0, 0.1) is 0 Å². The molecule has 44 heavy (non-hydrogen) atoms. The van der Waals surface area contributed by atoms with E-state index in [9.17, 15) is 14.4 Å². The van der Waals surface area contributed by atoms with Gasteiger partial charge in [0, 0.05) is 0 Å². The Morgan fingerprint density at radius 2 is 1.14 bits per heavy atom. The zero-order valence-corrected chi connectivity index (χ0v) is 23.7. The quantitative estimate of drug-likeness (QED) is 0.107. The molecule has 4 aromatic rings. The summed E-state index contributed by atoms with van der Waals surface area (Å²) in [7, 11) is 1.44. The SMILES string of the molecule is CO/N=C\c1ccc(O[C@@H]2OC[C@@H](OC(=O)c3ccccc3)[C@@H](OC(=O)c3ccccc3)[C@H]2OC(=O)c2ccccc2)cc1. The van der Waals surface area contributed by atoms with E-state index in [1.54, 1.807) is 115 Å². The highest BCUT2D eigenvalue weighted by atomic mass is 16.7. The van der Waals surface area contributed by atoms with Crippen LogP contribution in [0.5, 0.6) is 5.75 Å². The summed E-state index contributed by atoms with van der Waals surface area (Å²) in [5, 5.41) is 3.74. The summed E-state index contributed by atoms with van der Waals surface area (Å²) in [6.45, 7) is -0.214. The molecular weight excluding hydrogens is 566 g/mol. The predicted octanol–water partition coefficient (Wildman–Crippen LogP) is 5.08. The maximum Gasteiger partial charge on any atom is 0.338 e. The van der Waals surface area contributed by atoms with Crippen LogP contribution in [0.25, 0.3) is 0 Å². The van der Waals surface area contributed by atoms with Crippen LogP contribution in [0.1, 0.15) is 36.6 Å². The van der Waals surface area contributed by atoms with E-state index in [4.69, 9.17) is 28.5 Å². The summed E-state index contributed by atoms with van der Waals surface area (Å²) < 4.78 is 29.7. The van der Waals surface area contributed by atoms with Gasteiger partial charge in [-0.25, -0.2) is 14.4 Å².